The third-order valence-electron chi connectivity index (χ3n) is 3.08. The van der Waals surface area contributed by atoms with Gasteiger partial charge in [0.05, 0.1) is 16.1 Å². The second-order valence-corrected chi connectivity index (χ2v) is 6.23. The molecule has 0 saturated carbocycles. The molecule has 0 atom stereocenters. The van der Waals surface area contributed by atoms with Gasteiger partial charge in [0.2, 0.25) is 0 Å². The van der Waals surface area contributed by atoms with Gasteiger partial charge in [-0.1, -0.05) is 6.07 Å². The molecule has 3 aromatic rings. The largest absolute Gasteiger partial charge is 0.399 e. The molecule has 0 aliphatic rings. The summed E-state index contributed by atoms with van der Waals surface area (Å²) in [5.74, 6) is 0. The van der Waals surface area contributed by atoms with E-state index >= 15 is 0 Å². The van der Waals surface area contributed by atoms with E-state index in [1.807, 2.05) is 12.1 Å². The molecule has 0 aliphatic carbocycles. The van der Waals surface area contributed by atoms with Gasteiger partial charge in [0, 0.05) is 17.3 Å². The summed E-state index contributed by atoms with van der Waals surface area (Å²) in [5.41, 5.74) is 7.32. The number of nitrogen functional groups attached to an aromatic ring is 1. The summed E-state index contributed by atoms with van der Waals surface area (Å²) in [6.07, 6.45) is 1.67. The highest BCUT2D eigenvalue weighted by atomic mass is 32.2. The van der Waals surface area contributed by atoms with Crippen LogP contribution in [-0.4, -0.2) is 13.4 Å². The van der Waals surface area contributed by atoms with Gasteiger partial charge in [-0.25, -0.2) is 8.42 Å². The molecule has 0 saturated heterocycles. The van der Waals surface area contributed by atoms with E-state index in [0.29, 0.717) is 11.4 Å². The van der Waals surface area contributed by atoms with Crippen LogP contribution in [0.4, 0.5) is 11.4 Å². The van der Waals surface area contributed by atoms with Crippen molar-refractivity contribution >= 4 is 32.3 Å². The fourth-order valence-corrected chi connectivity index (χ4v) is 3.12. The Morgan fingerprint density at radius 1 is 0.952 bits per heavy atom. The maximum absolute atomic E-state index is 12.4. The molecule has 21 heavy (non-hydrogen) atoms. The van der Waals surface area contributed by atoms with Crippen LogP contribution >= 0.6 is 0 Å². The summed E-state index contributed by atoms with van der Waals surface area (Å²) >= 11 is 0. The van der Waals surface area contributed by atoms with Crippen molar-refractivity contribution in [1.29, 1.82) is 0 Å². The second-order valence-electron chi connectivity index (χ2n) is 4.55. The number of pyridine rings is 1. The Bertz CT molecular complexity index is 885. The number of benzene rings is 2. The number of aromatic nitrogens is 1. The van der Waals surface area contributed by atoms with Crippen LogP contribution in [-0.2, 0) is 10.0 Å². The molecule has 0 aliphatic heterocycles. The number of nitrogens with two attached hydrogens (primary N) is 1. The summed E-state index contributed by atoms with van der Waals surface area (Å²) in [7, 11) is -3.65. The predicted octanol–water partition coefficient (Wildman–Crippen LogP) is 2.62. The van der Waals surface area contributed by atoms with Crippen molar-refractivity contribution in [3.8, 4) is 0 Å². The maximum atomic E-state index is 12.4. The Labute approximate surface area is 122 Å². The van der Waals surface area contributed by atoms with Crippen molar-refractivity contribution in [2.45, 2.75) is 4.90 Å². The van der Waals surface area contributed by atoms with Gasteiger partial charge in [0.1, 0.15) is 0 Å². The van der Waals surface area contributed by atoms with Crippen LogP contribution in [0, 0.1) is 0 Å². The first-order valence-electron chi connectivity index (χ1n) is 6.28. The van der Waals surface area contributed by atoms with Crippen molar-refractivity contribution in [3.63, 3.8) is 0 Å². The van der Waals surface area contributed by atoms with E-state index in [2.05, 4.69) is 9.71 Å². The van der Waals surface area contributed by atoms with Gasteiger partial charge in [-0.2, -0.15) is 0 Å². The van der Waals surface area contributed by atoms with Gasteiger partial charge in [-0.3, -0.25) is 9.71 Å². The minimum Gasteiger partial charge on any atom is -0.399 e. The average molecular weight is 299 g/mol. The molecule has 1 aromatic heterocycles. The van der Waals surface area contributed by atoms with E-state index in [-0.39, 0.29) is 4.90 Å². The quantitative estimate of drug-likeness (QED) is 0.728. The highest BCUT2D eigenvalue weighted by Gasteiger charge is 2.15. The van der Waals surface area contributed by atoms with Crippen LogP contribution in [0.1, 0.15) is 0 Å². The number of hydrogen-bond donors (Lipinski definition) is 2. The summed E-state index contributed by atoms with van der Waals surface area (Å²) in [6.45, 7) is 0. The van der Waals surface area contributed by atoms with Crippen LogP contribution in [0.2, 0.25) is 0 Å². The molecule has 0 bridgehead atoms. The lowest BCUT2D eigenvalue weighted by molar-refractivity contribution is 0.601. The molecule has 3 rings (SSSR count). The Balaban J connectivity index is 2.03. The number of anilines is 2. The zero-order valence-electron chi connectivity index (χ0n) is 11.0. The Morgan fingerprint density at radius 2 is 1.71 bits per heavy atom. The topological polar surface area (TPSA) is 85.1 Å². The van der Waals surface area contributed by atoms with E-state index in [4.69, 9.17) is 5.73 Å². The first-order chi connectivity index (χ1) is 10.1. The normalized spacial score (nSPS) is 11.4. The Morgan fingerprint density at radius 3 is 2.48 bits per heavy atom. The molecule has 3 N–H and O–H groups in total. The zero-order chi connectivity index (χ0) is 14.9. The number of nitrogens with zero attached hydrogens (tertiary/aromatic N) is 1. The summed E-state index contributed by atoms with van der Waals surface area (Å²) in [6, 6.07) is 14.9. The minimum atomic E-state index is -3.65. The number of fused-ring (bicyclic) bond motifs is 1. The van der Waals surface area contributed by atoms with Gasteiger partial charge in [0.15, 0.2) is 0 Å². The van der Waals surface area contributed by atoms with Crippen molar-refractivity contribution in [3.05, 3.63) is 60.8 Å². The SMILES string of the molecule is Nc1ccc(S(=O)(=O)Nc2cccc3ncccc23)cc1. The van der Waals surface area contributed by atoms with E-state index in [1.54, 1.807) is 36.5 Å². The van der Waals surface area contributed by atoms with Crippen LogP contribution in [0.5, 0.6) is 0 Å². The zero-order valence-corrected chi connectivity index (χ0v) is 11.8. The van der Waals surface area contributed by atoms with Crippen LogP contribution in [0.15, 0.2) is 65.7 Å². The molecule has 0 spiro atoms. The van der Waals surface area contributed by atoms with E-state index in [9.17, 15) is 8.42 Å². The molecule has 6 heteroatoms. The third kappa shape index (κ3) is 2.66. The molecular weight excluding hydrogens is 286 g/mol. The predicted molar refractivity (Wildman–Crippen MR) is 83.4 cm³/mol. The average Bonchev–Trinajstić information content (AvgIpc) is 2.48. The third-order valence-corrected chi connectivity index (χ3v) is 4.46. The van der Waals surface area contributed by atoms with E-state index in [1.165, 1.54) is 12.1 Å². The number of nitrogens with one attached hydrogen (secondary N) is 1. The van der Waals surface area contributed by atoms with Crippen molar-refractivity contribution in [1.82, 2.24) is 4.98 Å². The van der Waals surface area contributed by atoms with E-state index < -0.39 is 10.0 Å². The number of sulfonamides is 1. The van der Waals surface area contributed by atoms with Gasteiger partial charge in [0.25, 0.3) is 10.0 Å². The summed E-state index contributed by atoms with van der Waals surface area (Å²) < 4.78 is 27.4. The van der Waals surface area contributed by atoms with Gasteiger partial charge in [-0.15, -0.1) is 0 Å². The molecule has 0 radical (unpaired) electrons. The maximum Gasteiger partial charge on any atom is 0.261 e. The highest BCUT2D eigenvalue weighted by molar-refractivity contribution is 7.92. The van der Waals surface area contributed by atoms with Gasteiger partial charge < -0.3 is 5.73 Å². The fraction of sp³-hybridized carbons (Fsp3) is 0. The number of rotatable bonds is 3. The minimum absolute atomic E-state index is 0.164. The lowest BCUT2D eigenvalue weighted by atomic mass is 10.2. The lowest BCUT2D eigenvalue weighted by Crippen LogP contribution is -2.13. The molecule has 1 heterocycles. The summed E-state index contributed by atoms with van der Waals surface area (Å²) in [4.78, 5) is 4.37. The molecule has 0 unspecified atom stereocenters. The lowest BCUT2D eigenvalue weighted by Gasteiger charge is -2.10. The van der Waals surface area contributed by atoms with Crippen LogP contribution < -0.4 is 10.5 Å². The summed E-state index contributed by atoms with van der Waals surface area (Å²) in [5, 5.41) is 0.749. The van der Waals surface area contributed by atoms with Gasteiger partial charge in [-0.05, 0) is 48.5 Å². The second kappa shape index (κ2) is 5.06. The van der Waals surface area contributed by atoms with Crippen molar-refractivity contribution < 1.29 is 8.42 Å². The fourth-order valence-electron chi connectivity index (χ4n) is 2.04. The van der Waals surface area contributed by atoms with Crippen molar-refractivity contribution in [2.24, 2.45) is 0 Å². The van der Waals surface area contributed by atoms with Crippen molar-refractivity contribution in [2.75, 3.05) is 10.5 Å². The van der Waals surface area contributed by atoms with Crippen LogP contribution in [0.3, 0.4) is 0 Å². The standard InChI is InChI=1S/C15H13N3O2S/c16-11-6-8-12(9-7-11)21(19,20)18-15-5-1-4-14-13(15)3-2-10-17-14/h1-10,18H,16H2. The molecule has 5 nitrogen and oxygen atoms in total. The highest BCUT2D eigenvalue weighted by Crippen LogP contribution is 2.24. The van der Waals surface area contributed by atoms with Crippen LogP contribution in [0.25, 0.3) is 10.9 Å². The molecular formula is C15H13N3O2S. The van der Waals surface area contributed by atoms with E-state index in [0.717, 1.165) is 10.9 Å². The monoisotopic (exact) mass is 299 g/mol. The number of hydrogen-bond acceptors (Lipinski definition) is 4. The molecule has 2 aromatic carbocycles. The Kier molecular flexibility index (Phi) is 3.23. The first kappa shape index (κ1) is 13.4. The molecule has 106 valence electrons. The smallest absolute Gasteiger partial charge is 0.261 e. The first-order valence-corrected chi connectivity index (χ1v) is 7.77. The molecule has 0 amide bonds. The van der Waals surface area contributed by atoms with Gasteiger partial charge >= 0.3 is 0 Å². The Hall–Kier alpha value is -2.60. The molecule has 0 fully saturated rings.